The number of piperidine rings is 1. The first-order valence-corrected chi connectivity index (χ1v) is 6.64. The third-order valence-electron chi connectivity index (χ3n) is 3.61. The predicted molar refractivity (Wildman–Crippen MR) is 80.8 cm³/mol. The standard InChI is InChI=1S/C13H18N4O3.ClH/c1-8-11(6-10(7-15-8)17(19)20)13(18)16-12-4-3-5-14-9(12)2;/h6-7,9,12,14H,3-5H2,1-2H3,(H,16,18);1H. The van der Waals surface area contributed by atoms with Gasteiger partial charge >= 0.3 is 0 Å². The number of halogens is 1. The molecule has 0 aromatic carbocycles. The number of aryl methyl sites for hydroxylation is 1. The average Bonchev–Trinajstić information content (AvgIpc) is 2.41. The predicted octanol–water partition coefficient (Wildman–Crippen LogP) is 1.59. The molecule has 1 aromatic rings. The summed E-state index contributed by atoms with van der Waals surface area (Å²) in [6.45, 7) is 4.63. The first-order valence-electron chi connectivity index (χ1n) is 6.64. The summed E-state index contributed by atoms with van der Waals surface area (Å²) in [5.74, 6) is -0.306. The highest BCUT2D eigenvalue weighted by molar-refractivity contribution is 5.96. The SMILES string of the molecule is Cc1ncc([N+](=O)[O-])cc1C(=O)NC1CCCNC1C.Cl. The molecule has 2 unspecified atom stereocenters. The molecule has 7 nitrogen and oxygen atoms in total. The molecule has 2 atom stereocenters. The second-order valence-electron chi connectivity index (χ2n) is 5.05. The third-order valence-corrected chi connectivity index (χ3v) is 3.61. The molecule has 2 heterocycles. The van der Waals surface area contributed by atoms with Gasteiger partial charge in [-0.25, -0.2) is 0 Å². The van der Waals surface area contributed by atoms with Crippen molar-refractivity contribution in [1.29, 1.82) is 0 Å². The molecule has 0 saturated carbocycles. The Morgan fingerprint density at radius 3 is 2.90 bits per heavy atom. The maximum absolute atomic E-state index is 12.3. The van der Waals surface area contributed by atoms with E-state index in [9.17, 15) is 14.9 Å². The van der Waals surface area contributed by atoms with Gasteiger partial charge in [0.15, 0.2) is 0 Å². The summed E-state index contributed by atoms with van der Waals surface area (Å²) >= 11 is 0. The van der Waals surface area contributed by atoms with Crippen molar-refractivity contribution < 1.29 is 9.72 Å². The molecule has 1 aliphatic heterocycles. The van der Waals surface area contributed by atoms with Gasteiger partial charge < -0.3 is 10.6 Å². The van der Waals surface area contributed by atoms with Crippen molar-refractivity contribution >= 4 is 24.0 Å². The maximum atomic E-state index is 12.3. The first-order chi connectivity index (χ1) is 9.49. The van der Waals surface area contributed by atoms with Gasteiger partial charge in [0.1, 0.15) is 6.20 Å². The highest BCUT2D eigenvalue weighted by Gasteiger charge is 2.24. The average molecular weight is 315 g/mol. The van der Waals surface area contributed by atoms with E-state index < -0.39 is 4.92 Å². The van der Waals surface area contributed by atoms with Gasteiger partial charge in [-0.1, -0.05) is 0 Å². The van der Waals surface area contributed by atoms with E-state index in [1.165, 1.54) is 6.07 Å². The van der Waals surface area contributed by atoms with Crippen molar-refractivity contribution in [2.24, 2.45) is 0 Å². The van der Waals surface area contributed by atoms with E-state index >= 15 is 0 Å². The van der Waals surface area contributed by atoms with Crippen LogP contribution < -0.4 is 10.6 Å². The molecule has 1 aromatic heterocycles. The van der Waals surface area contributed by atoms with Crippen molar-refractivity contribution in [2.75, 3.05) is 6.54 Å². The topological polar surface area (TPSA) is 97.2 Å². The van der Waals surface area contributed by atoms with Crippen LogP contribution in [0.5, 0.6) is 0 Å². The van der Waals surface area contributed by atoms with Gasteiger partial charge in [-0.15, -0.1) is 12.4 Å². The molecule has 0 aliphatic carbocycles. The highest BCUT2D eigenvalue weighted by atomic mass is 35.5. The fourth-order valence-electron chi connectivity index (χ4n) is 2.34. The zero-order valence-electron chi connectivity index (χ0n) is 12.0. The Morgan fingerprint density at radius 2 is 2.29 bits per heavy atom. The number of pyridine rings is 1. The summed E-state index contributed by atoms with van der Waals surface area (Å²) in [6.07, 6.45) is 3.07. The van der Waals surface area contributed by atoms with Crippen molar-refractivity contribution in [2.45, 2.75) is 38.8 Å². The molecule has 1 saturated heterocycles. The Labute approximate surface area is 129 Å². The minimum atomic E-state index is -0.548. The van der Waals surface area contributed by atoms with Gasteiger partial charge in [0, 0.05) is 18.2 Å². The number of aromatic nitrogens is 1. The molecule has 21 heavy (non-hydrogen) atoms. The third kappa shape index (κ3) is 4.12. The summed E-state index contributed by atoms with van der Waals surface area (Å²) in [4.78, 5) is 26.4. The van der Waals surface area contributed by atoms with Crippen LogP contribution in [0, 0.1) is 17.0 Å². The van der Waals surface area contributed by atoms with Gasteiger partial charge in [0.05, 0.1) is 16.2 Å². The number of nitrogens with zero attached hydrogens (tertiary/aromatic N) is 2. The fourth-order valence-corrected chi connectivity index (χ4v) is 2.34. The second kappa shape index (κ2) is 7.33. The number of hydrogen-bond acceptors (Lipinski definition) is 5. The van der Waals surface area contributed by atoms with Crippen LogP contribution in [0.3, 0.4) is 0 Å². The number of rotatable bonds is 3. The van der Waals surface area contributed by atoms with Crippen molar-refractivity contribution in [1.82, 2.24) is 15.6 Å². The van der Waals surface area contributed by atoms with Gasteiger partial charge in [0.25, 0.3) is 11.6 Å². The largest absolute Gasteiger partial charge is 0.348 e. The molecule has 2 N–H and O–H groups in total. The number of carbonyl (C=O) groups is 1. The Balaban J connectivity index is 0.00000220. The van der Waals surface area contributed by atoms with Gasteiger partial charge in [0.2, 0.25) is 0 Å². The zero-order valence-corrected chi connectivity index (χ0v) is 12.8. The van der Waals surface area contributed by atoms with Crippen molar-refractivity contribution in [3.63, 3.8) is 0 Å². The van der Waals surface area contributed by atoms with E-state index in [1.54, 1.807) is 6.92 Å². The quantitative estimate of drug-likeness (QED) is 0.652. The summed E-state index contributed by atoms with van der Waals surface area (Å²) in [7, 11) is 0. The highest BCUT2D eigenvalue weighted by Crippen LogP contribution is 2.16. The molecule has 1 fully saturated rings. The Kier molecular flexibility index (Phi) is 6.04. The van der Waals surface area contributed by atoms with E-state index in [-0.39, 0.29) is 41.6 Å². The summed E-state index contributed by atoms with van der Waals surface area (Å²) in [5.41, 5.74) is 0.581. The second-order valence-corrected chi connectivity index (χ2v) is 5.05. The van der Waals surface area contributed by atoms with Gasteiger partial charge in [-0.05, 0) is 33.2 Å². The van der Waals surface area contributed by atoms with Crippen LogP contribution in [0.25, 0.3) is 0 Å². The van der Waals surface area contributed by atoms with Crippen LogP contribution in [-0.4, -0.2) is 34.4 Å². The Bertz CT molecular complexity index is 538. The fraction of sp³-hybridized carbons (Fsp3) is 0.538. The monoisotopic (exact) mass is 314 g/mol. The summed E-state index contributed by atoms with van der Waals surface area (Å²) in [5, 5.41) is 17.0. The Hall–Kier alpha value is -1.73. The molecule has 0 bridgehead atoms. The Morgan fingerprint density at radius 1 is 1.57 bits per heavy atom. The van der Waals surface area contributed by atoms with E-state index in [1.807, 2.05) is 6.92 Å². The van der Waals surface area contributed by atoms with Crippen LogP contribution in [0.2, 0.25) is 0 Å². The molecule has 116 valence electrons. The van der Waals surface area contributed by atoms with E-state index in [0.29, 0.717) is 5.69 Å². The minimum Gasteiger partial charge on any atom is -0.348 e. The van der Waals surface area contributed by atoms with Crippen LogP contribution >= 0.6 is 12.4 Å². The first kappa shape index (κ1) is 17.3. The normalized spacial score (nSPS) is 21.2. The van der Waals surface area contributed by atoms with Crippen LogP contribution in [-0.2, 0) is 0 Å². The lowest BCUT2D eigenvalue weighted by atomic mass is 9.99. The molecule has 0 radical (unpaired) electrons. The maximum Gasteiger partial charge on any atom is 0.288 e. The smallest absolute Gasteiger partial charge is 0.288 e. The number of hydrogen-bond donors (Lipinski definition) is 2. The van der Waals surface area contributed by atoms with Crippen LogP contribution in [0.1, 0.15) is 35.8 Å². The lowest BCUT2D eigenvalue weighted by molar-refractivity contribution is -0.385. The van der Waals surface area contributed by atoms with E-state index in [0.717, 1.165) is 25.6 Å². The summed E-state index contributed by atoms with van der Waals surface area (Å²) in [6, 6.07) is 1.51. The molecule has 1 aliphatic rings. The lowest BCUT2D eigenvalue weighted by Gasteiger charge is -2.30. The minimum absolute atomic E-state index is 0. The molecule has 0 spiro atoms. The zero-order chi connectivity index (χ0) is 14.7. The van der Waals surface area contributed by atoms with Crippen molar-refractivity contribution in [3.05, 3.63) is 33.6 Å². The number of amides is 1. The molecule has 8 heteroatoms. The van der Waals surface area contributed by atoms with Crippen molar-refractivity contribution in [3.8, 4) is 0 Å². The molecule has 1 amide bonds. The van der Waals surface area contributed by atoms with E-state index in [2.05, 4.69) is 15.6 Å². The number of nitro groups is 1. The lowest BCUT2D eigenvalue weighted by Crippen LogP contribution is -2.52. The van der Waals surface area contributed by atoms with Gasteiger partial charge in [-0.2, -0.15) is 0 Å². The molecule has 2 rings (SSSR count). The van der Waals surface area contributed by atoms with E-state index in [4.69, 9.17) is 0 Å². The van der Waals surface area contributed by atoms with Crippen LogP contribution in [0.4, 0.5) is 5.69 Å². The van der Waals surface area contributed by atoms with Crippen LogP contribution in [0.15, 0.2) is 12.3 Å². The summed E-state index contributed by atoms with van der Waals surface area (Å²) < 4.78 is 0. The number of nitrogens with one attached hydrogen (secondary N) is 2. The number of carbonyl (C=O) groups excluding carboxylic acids is 1. The molecular formula is C13H19ClN4O3. The van der Waals surface area contributed by atoms with Gasteiger partial charge in [-0.3, -0.25) is 19.9 Å². The molecular weight excluding hydrogens is 296 g/mol.